The van der Waals surface area contributed by atoms with Gasteiger partial charge in [-0.15, -0.1) is 0 Å². The average Bonchev–Trinajstić information content (AvgIpc) is 2.76. The van der Waals surface area contributed by atoms with E-state index in [1.54, 1.807) is 13.0 Å². The van der Waals surface area contributed by atoms with E-state index >= 15 is 0 Å². The lowest BCUT2D eigenvalue weighted by Crippen LogP contribution is -2.27. The van der Waals surface area contributed by atoms with Crippen molar-refractivity contribution in [3.8, 4) is 0 Å². The van der Waals surface area contributed by atoms with Crippen LogP contribution >= 0.6 is 0 Å². The number of carbonyl (C=O) groups excluding carboxylic acids is 1. The summed E-state index contributed by atoms with van der Waals surface area (Å²) in [6, 6.07) is 5.89. The number of alkyl carbamates (subject to hydrolysis) is 1. The van der Waals surface area contributed by atoms with Gasteiger partial charge < -0.3 is 19.4 Å². The highest BCUT2D eigenvalue weighted by atomic mass is 16.5. The van der Waals surface area contributed by atoms with Crippen molar-refractivity contribution in [3.05, 3.63) is 51.5 Å². The normalized spacial score (nSPS) is 11.7. The first-order chi connectivity index (χ1) is 14.9. The number of anilines is 1. The molecule has 0 aliphatic heterocycles. The Morgan fingerprint density at radius 1 is 1.32 bits per heavy atom. The number of hydrogen-bond donors (Lipinski definition) is 1. The monoisotopic (exact) mass is 426 g/mol. The van der Waals surface area contributed by atoms with E-state index in [-0.39, 0.29) is 19.6 Å². The molecule has 8 nitrogen and oxygen atoms in total. The molecule has 1 amide bonds. The van der Waals surface area contributed by atoms with Crippen molar-refractivity contribution in [1.82, 2.24) is 5.32 Å². The number of carbonyl (C=O) groups is 1. The van der Waals surface area contributed by atoms with Crippen molar-refractivity contribution in [3.63, 3.8) is 0 Å². The van der Waals surface area contributed by atoms with Crippen molar-refractivity contribution >= 4 is 35.8 Å². The molecule has 8 heteroatoms. The van der Waals surface area contributed by atoms with E-state index in [1.165, 1.54) is 6.34 Å². The molecule has 0 bridgehead atoms. The molecule has 0 fully saturated rings. The molecule has 2 rings (SSSR count). The molecule has 1 heterocycles. The fourth-order valence-corrected chi connectivity index (χ4v) is 3.25. The first-order valence-electron chi connectivity index (χ1n) is 10.3. The highest BCUT2D eigenvalue weighted by molar-refractivity contribution is 5.84. The van der Waals surface area contributed by atoms with Crippen molar-refractivity contribution in [2.75, 3.05) is 31.1 Å². The number of benzene rings is 1. The molecule has 2 aromatic rings. The lowest BCUT2D eigenvalue weighted by Gasteiger charge is -2.21. The number of ether oxygens (including phenoxy) is 1. The second-order valence-corrected chi connectivity index (χ2v) is 6.79. The zero-order valence-corrected chi connectivity index (χ0v) is 18.6. The van der Waals surface area contributed by atoms with Gasteiger partial charge in [-0.3, -0.25) is 4.99 Å². The molecule has 0 aliphatic rings. The third kappa shape index (κ3) is 6.28. The smallest absolute Gasteiger partial charge is 0.407 e. The summed E-state index contributed by atoms with van der Waals surface area (Å²) in [6.07, 6.45) is 2.73. The molecule has 1 aromatic carbocycles. The maximum atomic E-state index is 12.5. The summed E-state index contributed by atoms with van der Waals surface area (Å²) in [5.74, 6) is 0. The molecule has 0 saturated heterocycles. The van der Waals surface area contributed by atoms with E-state index in [4.69, 9.17) is 9.15 Å². The standard InChI is InChI=1S/C23H30N4O4/c1-6-17(26-15-24-5)14-25-23(29)30-12-11-20-16(4)19-10-9-18(27(7-2)8-3)13-21(19)31-22(20)28/h6,9-10,13,15H,5,7-8,11-12,14H2,1-4H3,(H,25,29)/b17-6-,26-15?. The minimum Gasteiger partial charge on any atom is -0.449 e. The van der Waals surface area contributed by atoms with Crippen LogP contribution in [0.2, 0.25) is 0 Å². The van der Waals surface area contributed by atoms with Crippen molar-refractivity contribution < 1.29 is 13.9 Å². The predicted molar refractivity (Wildman–Crippen MR) is 126 cm³/mol. The fraction of sp³-hybridized carbons (Fsp3) is 0.391. The Morgan fingerprint density at radius 2 is 2.06 bits per heavy atom. The highest BCUT2D eigenvalue weighted by Gasteiger charge is 2.14. The van der Waals surface area contributed by atoms with Crippen LogP contribution < -0.4 is 15.8 Å². The molecule has 1 aromatic heterocycles. The number of amides is 1. The molecule has 166 valence electrons. The molecule has 0 saturated carbocycles. The highest BCUT2D eigenvalue weighted by Crippen LogP contribution is 2.25. The number of aryl methyl sites for hydroxylation is 1. The van der Waals surface area contributed by atoms with Gasteiger partial charge in [0.1, 0.15) is 11.9 Å². The first kappa shape index (κ1) is 23.9. The predicted octanol–water partition coefficient (Wildman–Crippen LogP) is 3.85. The molecule has 0 unspecified atom stereocenters. The number of rotatable bonds is 10. The Balaban J connectivity index is 2.04. The van der Waals surface area contributed by atoms with E-state index in [9.17, 15) is 9.59 Å². The SMILES string of the molecule is C=NC=N/C(=C\C)CNC(=O)OCCc1c(C)c2ccc(N(CC)CC)cc2oc1=O. The summed E-state index contributed by atoms with van der Waals surface area (Å²) in [7, 11) is 0. The summed E-state index contributed by atoms with van der Waals surface area (Å²) in [4.78, 5) is 34.2. The second-order valence-electron chi connectivity index (χ2n) is 6.79. The van der Waals surface area contributed by atoms with Crippen LogP contribution in [-0.2, 0) is 11.2 Å². The largest absolute Gasteiger partial charge is 0.449 e. The first-order valence-corrected chi connectivity index (χ1v) is 10.3. The molecule has 0 spiro atoms. The molecule has 0 aliphatic carbocycles. The summed E-state index contributed by atoms with van der Waals surface area (Å²) < 4.78 is 10.8. The van der Waals surface area contributed by atoms with Gasteiger partial charge >= 0.3 is 11.7 Å². The Hall–Kier alpha value is -3.42. The van der Waals surface area contributed by atoms with Gasteiger partial charge in [0.2, 0.25) is 0 Å². The van der Waals surface area contributed by atoms with Crippen LogP contribution in [-0.4, -0.2) is 45.4 Å². The number of allylic oxidation sites excluding steroid dienone is 1. The maximum Gasteiger partial charge on any atom is 0.407 e. The van der Waals surface area contributed by atoms with Gasteiger partial charge in [-0.25, -0.2) is 14.6 Å². The third-order valence-corrected chi connectivity index (χ3v) is 5.04. The Morgan fingerprint density at radius 3 is 2.71 bits per heavy atom. The molecular formula is C23H30N4O4. The van der Waals surface area contributed by atoms with Crippen molar-refractivity contribution in [2.24, 2.45) is 9.98 Å². The Labute approximate surface area is 182 Å². The number of nitrogens with zero attached hydrogens (tertiary/aromatic N) is 3. The van der Waals surface area contributed by atoms with E-state index in [1.807, 2.05) is 25.1 Å². The Kier molecular flexibility index (Phi) is 8.99. The van der Waals surface area contributed by atoms with Gasteiger partial charge in [0.05, 0.1) is 18.8 Å². The van der Waals surface area contributed by atoms with Gasteiger partial charge in [0, 0.05) is 42.2 Å². The van der Waals surface area contributed by atoms with Crippen LogP contribution in [0.25, 0.3) is 11.0 Å². The Bertz CT molecular complexity index is 1040. The third-order valence-electron chi connectivity index (χ3n) is 5.04. The molecular weight excluding hydrogens is 396 g/mol. The minimum absolute atomic E-state index is 0.0587. The minimum atomic E-state index is -0.590. The number of nitrogens with one attached hydrogen (secondary N) is 1. The number of fused-ring (bicyclic) bond motifs is 1. The zero-order chi connectivity index (χ0) is 22.8. The number of hydrogen-bond acceptors (Lipinski definition) is 6. The van der Waals surface area contributed by atoms with Crippen LogP contribution in [0.3, 0.4) is 0 Å². The van der Waals surface area contributed by atoms with Gasteiger partial charge in [-0.1, -0.05) is 6.08 Å². The van der Waals surface area contributed by atoms with Crippen molar-refractivity contribution in [1.29, 1.82) is 0 Å². The van der Waals surface area contributed by atoms with Crippen LogP contribution in [0.1, 0.15) is 31.9 Å². The van der Waals surface area contributed by atoms with Gasteiger partial charge in [0.15, 0.2) is 0 Å². The average molecular weight is 427 g/mol. The van der Waals surface area contributed by atoms with E-state index < -0.39 is 11.7 Å². The van der Waals surface area contributed by atoms with Crippen LogP contribution in [0.15, 0.2) is 49.2 Å². The second kappa shape index (κ2) is 11.7. The maximum absolute atomic E-state index is 12.5. The van der Waals surface area contributed by atoms with Gasteiger partial charge in [-0.2, -0.15) is 0 Å². The molecule has 0 radical (unpaired) electrons. The summed E-state index contributed by atoms with van der Waals surface area (Å²) in [6.45, 7) is 13.2. The fourth-order valence-electron chi connectivity index (χ4n) is 3.25. The van der Waals surface area contributed by atoms with E-state index in [0.29, 0.717) is 16.8 Å². The van der Waals surface area contributed by atoms with Gasteiger partial charge in [-0.05, 0) is 52.1 Å². The zero-order valence-electron chi connectivity index (χ0n) is 18.6. The topological polar surface area (TPSA) is 96.5 Å². The molecule has 0 atom stereocenters. The van der Waals surface area contributed by atoms with Crippen LogP contribution in [0.5, 0.6) is 0 Å². The summed E-state index contributed by atoms with van der Waals surface area (Å²) in [5, 5.41) is 3.48. The summed E-state index contributed by atoms with van der Waals surface area (Å²) >= 11 is 0. The number of aliphatic imine (C=N–C) groups is 2. The van der Waals surface area contributed by atoms with E-state index in [0.717, 1.165) is 29.7 Å². The molecule has 31 heavy (non-hydrogen) atoms. The van der Waals surface area contributed by atoms with Crippen LogP contribution in [0, 0.1) is 6.92 Å². The lowest BCUT2D eigenvalue weighted by atomic mass is 10.0. The van der Waals surface area contributed by atoms with Gasteiger partial charge in [0.25, 0.3) is 0 Å². The quantitative estimate of drug-likeness (QED) is 0.354. The lowest BCUT2D eigenvalue weighted by molar-refractivity contribution is 0.148. The van der Waals surface area contributed by atoms with Crippen LogP contribution in [0.4, 0.5) is 10.5 Å². The van der Waals surface area contributed by atoms with E-state index in [2.05, 4.69) is 40.8 Å². The summed E-state index contributed by atoms with van der Waals surface area (Å²) in [5.41, 5.74) is 3.13. The molecule has 1 N–H and O–H groups in total. The van der Waals surface area contributed by atoms with Crippen molar-refractivity contribution in [2.45, 2.75) is 34.1 Å².